The molecule has 144 valence electrons. The first-order chi connectivity index (χ1) is 12.3. The van der Waals surface area contributed by atoms with Crippen molar-refractivity contribution in [1.29, 1.82) is 0 Å². The number of nitrogens with zero attached hydrogens (tertiary/aromatic N) is 1. The van der Waals surface area contributed by atoms with E-state index in [0.29, 0.717) is 37.1 Å². The molecule has 1 aliphatic rings. The smallest absolute Gasteiger partial charge is 0.244 e. The minimum absolute atomic E-state index is 0.187. The van der Waals surface area contributed by atoms with Gasteiger partial charge >= 0.3 is 0 Å². The van der Waals surface area contributed by atoms with Gasteiger partial charge in [-0.2, -0.15) is 0 Å². The molecule has 0 radical (unpaired) electrons. The van der Waals surface area contributed by atoms with Crippen LogP contribution in [0.5, 0.6) is 11.5 Å². The zero-order valence-electron chi connectivity index (χ0n) is 15.4. The number of methoxy groups -OCH3 is 2. The standard InChI is InChI=1S/C18H26N2O5S/c1-24-16-6-4-15(17(12-16)25-2)5-7-18(21)19-13-14-8-10-20(11-9-14)26(3,22)23/h4-7,12,14H,8-11,13H2,1-3H3,(H,19,21)/b7-5+. The van der Waals surface area contributed by atoms with E-state index in [4.69, 9.17) is 9.47 Å². The molecule has 1 fully saturated rings. The quantitative estimate of drug-likeness (QED) is 0.723. The number of sulfonamides is 1. The van der Waals surface area contributed by atoms with E-state index in [1.165, 1.54) is 16.6 Å². The Labute approximate surface area is 155 Å². The SMILES string of the molecule is COc1ccc(/C=C/C(=O)NCC2CCN(S(C)(=O)=O)CC2)c(OC)c1. The van der Waals surface area contributed by atoms with Crippen LogP contribution in [0.4, 0.5) is 0 Å². The summed E-state index contributed by atoms with van der Waals surface area (Å²) in [5, 5.41) is 2.88. The maximum atomic E-state index is 12.0. The van der Waals surface area contributed by atoms with Crippen LogP contribution in [0.1, 0.15) is 18.4 Å². The van der Waals surface area contributed by atoms with Crippen LogP contribution in [0, 0.1) is 5.92 Å². The molecule has 26 heavy (non-hydrogen) atoms. The average Bonchev–Trinajstić information content (AvgIpc) is 2.64. The Morgan fingerprint density at radius 2 is 1.96 bits per heavy atom. The first kappa shape index (κ1) is 20.3. The number of nitrogens with one attached hydrogen (secondary N) is 1. The minimum atomic E-state index is -3.12. The molecule has 7 nitrogen and oxygen atoms in total. The third kappa shape index (κ3) is 5.74. The highest BCUT2D eigenvalue weighted by Gasteiger charge is 2.24. The predicted octanol–water partition coefficient (Wildman–Crippen LogP) is 1.50. The number of ether oxygens (including phenoxy) is 2. The van der Waals surface area contributed by atoms with Gasteiger partial charge in [0.05, 0.1) is 20.5 Å². The molecule has 1 saturated heterocycles. The van der Waals surface area contributed by atoms with Crippen LogP contribution < -0.4 is 14.8 Å². The highest BCUT2D eigenvalue weighted by Crippen LogP contribution is 2.25. The van der Waals surface area contributed by atoms with Gasteiger partial charge in [0, 0.05) is 37.3 Å². The van der Waals surface area contributed by atoms with Gasteiger partial charge in [-0.05, 0) is 37.0 Å². The zero-order chi connectivity index (χ0) is 19.2. The lowest BCUT2D eigenvalue weighted by Crippen LogP contribution is -2.40. The van der Waals surface area contributed by atoms with Crippen LogP contribution in [0.3, 0.4) is 0 Å². The zero-order valence-corrected chi connectivity index (χ0v) is 16.2. The molecule has 0 aromatic heterocycles. The summed E-state index contributed by atoms with van der Waals surface area (Å²) in [7, 11) is 0.0285. The third-order valence-electron chi connectivity index (χ3n) is 4.46. The maximum Gasteiger partial charge on any atom is 0.244 e. The lowest BCUT2D eigenvalue weighted by atomic mass is 9.98. The molecule has 2 rings (SSSR count). The van der Waals surface area contributed by atoms with Gasteiger partial charge in [0.2, 0.25) is 15.9 Å². The van der Waals surface area contributed by atoms with Crippen LogP contribution in [0.25, 0.3) is 6.08 Å². The topological polar surface area (TPSA) is 84.9 Å². The van der Waals surface area contributed by atoms with Crippen molar-refractivity contribution in [3.05, 3.63) is 29.8 Å². The molecule has 1 amide bonds. The Morgan fingerprint density at radius 3 is 2.54 bits per heavy atom. The Morgan fingerprint density at radius 1 is 1.27 bits per heavy atom. The van der Waals surface area contributed by atoms with E-state index in [1.807, 2.05) is 6.07 Å². The summed E-state index contributed by atoms with van der Waals surface area (Å²) in [5.41, 5.74) is 0.782. The van der Waals surface area contributed by atoms with Crippen LogP contribution in [0.15, 0.2) is 24.3 Å². The van der Waals surface area contributed by atoms with Crippen LogP contribution in [-0.2, 0) is 14.8 Å². The summed E-state index contributed by atoms with van der Waals surface area (Å²) in [6, 6.07) is 5.38. The second-order valence-corrected chi connectivity index (χ2v) is 8.27. The summed E-state index contributed by atoms with van der Waals surface area (Å²) in [6.45, 7) is 1.57. The van der Waals surface area contributed by atoms with Gasteiger partial charge < -0.3 is 14.8 Å². The summed E-state index contributed by atoms with van der Waals surface area (Å²) in [4.78, 5) is 12.0. The van der Waals surface area contributed by atoms with Crippen LogP contribution in [-0.4, -0.2) is 58.7 Å². The van der Waals surface area contributed by atoms with Gasteiger partial charge in [0.15, 0.2) is 0 Å². The second kappa shape index (κ2) is 9.05. The Kier molecular flexibility index (Phi) is 7.05. The molecular weight excluding hydrogens is 356 g/mol. The number of piperidine rings is 1. The van der Waals surface area contributed by atoms with E-state index in [2.05, 4.69) is 5.32 Å². The Bertz CT molecular complexity index is 753. The van der Waals surface area contributed by atoms with E-state index in [9.17, 15) is 13.2 Å². The number of hydrogen-bond donors (Lipinski definition) is 1. The Hall–Kier alpha value is -2.06. The second-order valence-electron chi connectivity index (χ2n) is 6.29. The molecule has 1 heterocycles. The number of hydrogen-bond acceptors (Lipinski definition) is 5. The van der Waals surface area contributed by atoms with Gasteiger partial charge in [-0.25, -0.2) is 12.7 Å². The van der Waals surface area contributed by atoms with Gasteiger partial charge in [-0.3, -0.25) is 4.79 Å². The normalized spacial score (nSPS) is 16.6. The fourth-order valence-electron chi connectivity index (χ4n) is 2.87. The highest BCUT2D eigenvalue weighted by atomic mass is 32.2. The molecule has 0 saturated carbocycles. The van der Waals surface area contributed by atoms with Crippen molar-refractivity contribution in [3.63, 3.8) is 0 Å². The molecule has 0 bridgehead atoms. The first-order valence-corrected chi connectivity index (χ1v) is 10.3. The average molecular weight is 382 g/mol. The maximum absolute atomic E-state index is 12.0. The highest BCUT2D eigenvalue weighted by molar-refractivity contribution is 7.88. The fraction of sp³-hybridized carbons (Fsp3) is 0.500. The molecule has 1 N–H and O–H groups in total. The fourth-order valence-corrected chi connectivity index (χ4v) is 3.74. The van der Waals surface area contributed by atoms with Crippen molar-refractivity contribution in [2.75, 3.05) is 40.1 Å². The monoisotopic (exact) mass is 382 g/mol. The van der Waals surface area contributed by atoms with Crippen molar-refractivity contribution in [1.82, 2.24) is 9.62 Å². The van der Waals surface area contributed by atoms with Crippen molar-refractivity contribution in [2.24, 2.45) is 5.92 Å². The number of carbonyl (C=O) groups is 1. The number of carbonyl (C=O) groups excluding carboxylic acids is 1. The molecule has 1 aromatic carbocycles. The van der Waals surface area contributed by atoms with Crippen molar-refractivity contribution >= 4 is 22.0 Å². The summed E-state index contributed by atoms with van der Waals surface area (Å²) in [6.07, 6.45) is 5.90. The van der Waals surface area contributed by atoms with E-state index in [1.54, 1.807) is 32.4 Å². The van der Waals surface area contributed by atoms with E-state index >= 15 is 0 Å². The third-order valence-corrected chi connectivity index (χ3v) is 5.77. The van der Waals surface area contributed by atoms with Crippen LogP contribution in [0.2, 0.25) is 0 Å². The molecule has 0 unspecified atom stereocenters. The summed E-state index contributed by atoms with van der Waals surface area (Å²) < 4.78 is 34.9. The Balaban J connectivity index is 1.83. The van der Waals surface area contributed by atoms with E-state index in [0.717, 1.165) is 18.4 Å². The lowest BCUT2D eigenvalue weighted by Gasteiger charge is -2.30. The van der Waals surface area contributed by atoms with E-state index in [-0.39, 0.29) is 5.91 Å². The van der Waals surface area contributed by atoms with Crippen molar-refractivity contribution < 1.29 is 22.7 Å². The number of amides is 1. The number of rotatable bonds is 7. The van der Waals surface area contributed by atoms with Gasteiger partial charge in [-0.1, -0.05) is 0 Å². The molecule has 0 spiro atoms. The minimum Gasteiger partial charge on any atom is -0.497 e. The van der Waals surface area contributed by atoms with E-state index < -0.39 is 10.0 Å². The number of benzene rings is 1. The molecule has 0 aliphatic carbocycles. The molecular formula is C18H26N2O5S. The molecule has 8 heteroatoms. The summed E-state index contributed by atoms with van der Waals surface area (Å²) >= 11 is 0. The van der Waals surface area contributed by atoms with Gasteiger partial charge in [0.25, 0.3) is 0 Å². The summed E-state index contributed by atoms with van der Waals surface area (Å²) in [5.74, 6) is 1.42. The first-order valence-electron chi connectivity index (χ1n) is 8.46. The van der Waals surface area contributed by atoms with Crippen molar-refractivity contribution in [3.8, 4) is 11.5 Å². The van der Waals surface area contributed by atoms with Gasteiger partial charge in [-0.15, -0.1) is 0 Å². The lowest BCUT2D eigenvalue weighted by molar-refractivity contribution is -0.116. The molecule has 1 aromatic rings. The van der Waals surface area contributed by atoms with Gasteiger partial charge in [0.1, 0.15) is 11.5 Å². The largest absolute Gasteiger partial charge is 0.497 e. The predicted molar refractivity (Wildman–Crippen MR) is 101 cm³/mol. The van der Waals surface area contributed by atoms with Crippen LogP contribution >= 0.6 is 0 Å². The van der Waals surface area contributed by atoms with Crippen molar-refractivity contribution in [2.45, 2.75) is 12.8 Å². The molecule has 1 aliphatic heterocycles. The molecule has 0 atom stereocenters.